The van der Waals surface area contributed by atoms with Gasteiger partial charge in [0.15, 0.2) is 0 Å². The van der Waals surface area contributed by atoms with Crippen molar-refractivity contribution in [3.05, 3.63) is 40.0 Å². The van der Waals surface area contributed by atoms with E-state index >= 15 is 0 Å². The second kappa shape index (κ2) is 9.93. The Morgan fingerprint density at radius 2 is 1.90 bits per heavy atom. The summed E-state index contributed by atoms with van der Waals surface area (Å²) in [5.41, 5.74) is 6.06. The maximum Gasteiger partial charge on any atom is 0.413 e. The molecule has 0 radical (unpaired) electrons. The summed E-state index contributed by atoms with van der Waals surface area (Å²) in [7, 11) is 2.59. The van der Waals surface area contributed by atoms with Gasteiger partial charge in [-0.3, -0.25) is 4.79 Å². The van der Waals surface area contributed by atoms with Crippen LogP contribution >= 0.6 is 11.6 Å². The van der Waals surface area contributed by atoms with Gasteiger partial charge in [0.1, 0.15) is 11.3 Å². The fourth-order valence-corrected chi connectivity index (χ4v) is 3.04. The predicted molar refractivity (Wildman–Crippen MR) is 110 cm³/mol. The fourth-order valence-electron chi connectivity index (χ4n) is 2.80. The van der Waals surface area contributed by atoms with Gasteiger partial charge in [0.25, 0.3) is 5.91 Å². The van der Waals surface area contributed by atoms with Crippen LogP contribution in [0, 0.1) is 6.92 Å². The van der Waals surface area contributed by atoms with Gasteiger partial charge in [-0.05, 0) is 31.5 Å². The quantitative estimate of drug-likeness (QED) is 0.639. The van der Waals surface area contributed by atoms with Gasteiger partial charge in [0.05, 0.1) is 24.8 Å². The third-order valence-corrected chi connectivity index (χ3v) is 4.38. The number of rotatable bonds is 7. The highest BCUT2D eigenvalue weighted by molar-refractivity contribution is 6.34. The van der Waals surface area contributed by atoms with Crippen molar-refractivity contribution >= 4 is 29.6 Å². The van der Waals surface area contributed by atoms with Crippen LogP contribution in [0.4, 0.5) is 4.79 Å². The van der Waals surface area contributed by atoms with Crippen LogP contribution in [0.15, 0.2) is 18.2 Å². The summed E-state index contributed by atoms with van der Waals surface area (Å²) in [6.07, 6.45) is -0.110. The summed E-state index contributed by atoms with van der Waals surface area (Å²) in [6, 6.07) is 4.50. The number of halogens is 1. The van der Waals surface area contributed by atoms with Crippen LogP contribution in [0.5, 0.6) is 11.6 Å². The third kappa shape index (κ3) is 4.80. The van der Waals surface area contributed by atoms with Crippen molar-refractivity contribution in [2.75, 3.05) is 20.8 Å². The van der Waals surface area contributed by atoms with Gasteiger partial charge in [-0.1, -0.05) is 18.5 Å². The van der Waals surface area contributed by atoms with Gasteiger partial charge in [0, 0.05) is 23.4 Å². The molecule has 2 amide bonds. The molecule has 1 aromatic heterocycles. The van der Waals surface area contributed by atoms with Crippen LogP contribution in [-0.4, -0.2) is 43.7 Å². The number of amides is 2. The number of nitrogens with one attached hydrogen (secondary N) is 1. The Kier molecular flexibility index (Phi) is 7.60. The summed E-state index contributed by atoms with van der Waals surface area (Å²) >= 11 is 6.25. The first-order valence-electron chi connectivity index (χ1n) is 8.97. The maximum absolute atomic E-state index is 12.5. The Balaban J connectivity index is 2.82. The van der Waals surface area contributed by atoms with Crippen molar-refractivity contribution in [1.82, 2.24) is 10.3 Å². The van der Waals surface area contributed by atoms with E-state index in [2.05, 4.69) is 10.3 Å². The Labute approximate surface area is 178 Å². The molecule has 10 heteroatoms. The van der Waals surface area contributed by atoms with E-state index < -0.39 is 18.0 Å². The molecule has 2 rings (SSSR count). The number of hydrogen-bond acceptors (Lipinski definition) is 7. The smallest absolute Gasteiger partial charge is 0.413 e. The number of carbonyl (C=O) groups excluding carboxylic acids is 3. The second-order valence-corrected chi connectivity index (χ2v) is 6.57. The number of hydrogen-bond donors (Lipinski definition) is 2. The molecule has 0 fully saturated rings. The summed E-state index contributed by atoms with van der Waals surface area (Å²) in [6.45, 7) is 3.87. The molecule has 0 atom stereocenters. The van der Waals surface area contributed by atoms with Gasteiger partial charge >= 0.3 is 12.1 Å². The molecule has 0 unspecified atom stereocenters. The zero-order chi connectivity index (χ0) is 22.4. The minimum absolute atomic E-state index is 0.0343. The lowest BCUT2D eigenvalue weighted by molar-refractivity contribution is 0.0601. The summed E-state index contributed by atoms with van der Waals surface area (Å²) in [5, 5.41) is 2.60. The van der Waals surface area contributed by atoms with Crippen molar-refractivity contribution in [1.29, 1.82) is 0 Å². The molecule has 2 aromatic rings. The van der Waals surface area contributed by atoms with Crippen LogP contribution in [0.3, 0.4) is 0 Å². The lowest BCUT2D eigenvalue weighted by Gasteiger charge is -2.18. The van der Waals surface area contributed by atoms with Gasteiger partial charge < -0.3 is 25.3 Å². The first-order valence-corrected chi connectivity index (χ1v) is 9.35. The Hall–Kier alpha value is -3.33. The van der Waals surface area contributed by atoms with E-state index in [1.807, 2.05) is 6.92 Å². The molecule has 30 heavy (non-hydrogen) atoms. The van der Waals surface area contributed by atoms with Crippen LogP contribution < -0.4 is 20.5 Å². The number of esters is 1. The lowest BCUT2D eigenvalue weighted by Crippen LogP contribution is -2.29. The van der Waals surface area contributed by atoms with Crippen LogP contribution in [-0.2, 0) is 4.74 Å². The van der Waals surface area contributed by atoms with E-state index in [-0.39, 0.29) is 38.9 Å². The minimum Gasteiger partial charge on any atom is -0.496 e. The number of nitrogens with zero attached hydrogens (tertiary/aromatic N) is 1. The third-order valence-electron chi connectivity index (χ3n) is 4.06. The molecule has 0 saturated heterocycles. The van der Waals surface area contributed by atoms with Gasteiger partial charge in [-0.2, -0.15) is 0 Å². The minimum atomic E-state index is -0.923. The monoisotopic (exact) mass is 435 g/mol. The molecule has 0 aliphatic heterocycles. The molecule has 0 saturated carbocycles. The van der Waals surface area contributed by atoms with E-state index in [1.165, 1.54) is 32.4 Å². The zero-order valence-corrected chi connectivity index (χ0v) is 17.8. The number of ether oxygens (including phenoxy) is 3. The van der Waals surface area contributed by atoms with E-state index in [4.69, 9.17) is 31.5 Å². The van der Waals surface area contributed by atoms with Crippen molar-refractivity contribution in [2.24, 2.45) is 5.73 Å². The molecule has 0 aliphatic rings. The van der Waals surface area contributed by atoms with E-state index in [9.17, 15) is 14.4 Å². The van der Waals surface area contributed by atoms with Crippen molar-refractivity contribution in [3.63, 3.8) is 0 Å². The van der Waals surface area contributed by atoms with Crippen LogP contribution in [0.1, 0.15) is 39.8 Å². The second-order valence-electron chi connectivity index (χ2n) is 6.16. The van der Waals surface area contributed by atoms with Gasteiger partial charge in [0.2, 0.25) is 5.88 Å². The Bertz CT molecular complexity index is 993. The lowest BCUT2D eigenvalue weighted by atomic mass is 9.94. The number of primary amides is 1. The van der Waals surface area contributed by atoms with Gasteiger partial charge in [-0.25, -0.2) is 14.6 Å². The number of methoxy groups -OCH3 is 2. The zero-order valence-electron chi connectivity index (χ0n) is 17.0. The predicted octanol–water partition coefficient (Wildman–Crippen LogP) is 3.10. The summed E-state index contributed by atoms with van der Waals surface area (Å²) in [4.78, 5) is 41.0. The van der Waals surface area contributed by atoms with E-state index in [0.29, 0.717) is 18.7 Å². The van der Waals surface area contributed by atoms with E-state index in [1.54, 1.807) is 6.92 Å². The first kappa shape index (κ1) is 23.0. The average molecular weight is 436 g/mol. The topological polar surface area (TPSA) is 130 Å². The molecule has 1 heterocycles. The standard InChI is InChI=1S/C20H22ClN3O6/c1-5-8-23-20(27)30-18-15(17(22)25)11(9-10(2)24-18)14-13(28-3)7-6-12(21)16(14)19(26)29-4/h6-7,9H,5,8H2,1-4H3,(H2,22,25)(H,23,27). The molecule has 160 valence electrons. The molecule has 3 N–H and O–H groups in total. The largest absolute Gasteiger partial charge is 0.496 e. The average Bonchev–Trinajstić information content (AvgIpc) is 2.70. The van der Waals surface area contributed by atoms with Crippen molar-refractivity contribution < 1.29 is 28.6 Å². The van der Waals surface area contributed by atoms with E-state index in [0.717, 1.165) is 0 Å². The number of nitrogens with two attached hydrogens (primary N) is 1. The number of aromatic nitrogens is 1. The molecule has 0 spiro atoms. The molecule has 9 nitrogen and oxygen atoms in total. The SMILES string of the molecule is CCCNC(=O)Oc1nc(C)cc(-c2c(OC)ccc(Cl)c2C(=O)OC)c1C(N)=O. The van der Waals surface area contributed by atoms with Gasteiger partial charge in [-0.15, -0.1) is 0 Å². The van der Waals surface area contributed by atoms with Crippen LogP contribution in [0.25, 0.3) is 11.1 Å². The first-order chi connectivity index (χ1) is 14.2. The molecule has 0 bridgehead atoms. The van der Waals surface area contributed by atoms with Crippen molar-refractivity contribution in [3.8, 4) is 22.8 Å². The van der Waals surface area contributed by atoms with Crippen LogP contribution in [0.2, 0.25) is 5.02 Å². The Morgan fingerprint density at radius 1 is 1.20 bits per heavy atom. The maximum atomic E-state index is 12.5. The molecular formula is C20H22ClN3O6. The van der Waals surface area contributed by atoms with Crippen molar-refractivity contribution in [2.45, 2.75) is 20.3 Å². The summed E-state index contributed by atoms with van der Waals surface area (Å²) in [5.74, 6) is -1.74. The Morgan fingerprint density at radius 3 is 2.47 bits per heavy atom. The number of carbonyl (C=O) groups is 3. The molecular weight excluding hydrogens is 414 g/mol. The molecule has 1 aromatic carbocycles. The number of aryl methyl sites for hydroxylation is 1. The highest BCUT2D eigenvalue weighted by Gasteiger charge is 2.28. The number of pyridine rings is 1. The summed E-state index contributed by atoms with van der Waals surface area (Å²) < 4.78 is 15.5. The highest BCUT2D eigenvalue weighted by Crippen LogP contribution is 2.41. The highest BCUT2D eigenvalue weighted by atomic mass is 35.5. The molecule has 0 aliphatic carbocycles. The number of benzene rings is 1. The normalized spacial score (nSPS) is 10.3. The fraction of sp³-hybridized carbons (Fsp3) is 0.300.